The zero-order chi connectivity index (χ0) is 14.3. The van der Waals surface area contributed by atoms with Crippen LogP contribution in [-0.2, 0) is 11.8 Å². The van der Waals surface area contributed by atoms with E-state index in [0.29, 0.717) is 6.54 Å². The Balaban J connectivity index is 2.07. The second kappa shape index (κ2) is 4.76. The van der Waals surface area contributed by atoms with Crippen molar-refractivity contribution >= 4 is 5.78 Å². The summed E-state index contributed by atoms with van der Waals surface area (Å²) in [4.78, 5) is 14.5. The minimum atomic E-state index is -0.212. The van der Waals surface area contributed by atoms with Gasteiger partial charge in [0.05, 0.1) is 23.4 Å². The molecule has 0 N–H and O–H groups in total. The quantitative estimate of drug-likeness (QED) is 0.784. The Bertz CT molecular complexity index is 458. The summed E-state index contributed by atoms with van der Waals surface area (Å²) >= 11 is 0. The van der Waals surface area contributed by atoms with Gasteiger partial charge in [0.25, 0.3) is 0 Å². The van der Waals surface area contributed by atoms with E-state index in [0.717, 1.165) is 18.8 Å². The number of carbonyl (C=O) groups is 1. The minimum absolute atomic E-state index is 0.168. The molecule has 0 atom stereocenters. The fourth-order valence-corrected chi connectivity index (χ4v) is 3.09. The summed E-state index contributed by atoms with van der Waals surface area (Å²) in [5, 5.41) is 0. The molecule has 0 aromatic carbocycles. The van der Waals surface area contributed by atoms with Gasteiger partial charge in [0, 0.05) is 26.3 Å². The summed E-state index contributed by atoms with van der Waals surface area (Å²) in [6.45, 7) is 10.3. The number of carbonyl (C=O) groups excluding carboxylic acids is 1. The first-order valence-electron chi connectivity index (χ1n) is 6.76. The van der Waals surface area contributed by atoms with Crippen LogP contribution < -0.4 is 0 Å². The molecule has 19 heavy (non-hydrogen) atoms. The molecule has 0 saturated carbocycles. The highest BCUT2D eigenvalue weighted by molar-refractivity contribution is 5.96. The number of Topliss-reactive ketones (excluding diaryl/α,β-unsaturated/α-hetero) is 1. The zero-order valence-electron chi connectivity index (χ0n) is 12.6. The lowest BCUT2D eigenvalue weighted by atomic mass is 9.98. The van der Waals surface area contributed by atoms with Crippen LogP contribution in [-0.4, -0.2) is 46.1 Å². The van der Waals surface area contributed by atoms with Gasteiger partial charge in [-0.05, 0) is 39.8 Å². The maximum Gasteiger partial charge on any atom is 0.193 e. The summed E-state index contributed by atoms with van der Waals surface area (Å²) in [6, 6.07) is 3.78. The van der Waals surface area contributed by atoms with Gasteiger partial charge in [0.2, 0.25) is 0 Å². The van der Waals surface area contributed by atoms with Gasteiger partial charge in [-0.3, -0.25) is 9.69 Å². The average Bonchev–Trinajstić information content (AvgIpc) is 2.58. The Morgan fingerprint density at radius 2 is 1.84 bits per heavy atom. The van der Waals surface area contributed by atoms with Gasteiger partial charge in [0.1, 0.15) is 0 Å². The third-order valence-corrected chi connectivity index (χ3v) is 3.36. The summed E-state index contributed by atoms with van der Waals surface area (Å²) < 4.78 is 7.90. The number of rotatable bonds is 3. The summed E-state index contributed by atoms with van der Waals surface area (Å²) in [5.74, 6) is 0.168. The Hall–Kier alpha value is -1.13. The lowest BCUT2D eigenvalue weighted by Crippen LogP contribution is -2.58. The summed E-state index contributed by atoms with van der Waals surface area (Å²) in [5.41, 5.74) is 0.342. The average molecular weight is 264 g/mol. The molecule has 0 spiro atoms. The van der Waals surface area contributed by atoms with Gasteiger partial charge in [-0.1, -0.05) is 0 Å². The second-order valence-electron chi connectivity index (χ2n) is 6.69. The van der Waals surface area contributed by atoms with Crippen LogP contribution in [0.5, 0.6) is 0 Å². The standard InChI is InChI=1S/C15H24N2O2/c1-14(2)10-17(11-15(3,4)19-14)9-13(18)12-7-6-8-16(12)5/h6-8H,9-11H2,1-5H3. The van der Waals surface area contributed by atoms with Crippen LogP contribution in [0.3, 0.4) is 0 Å². The molecular weight excluding hydrogens is 240 g/mol. The van der Waals surface area contributed by atoms with Crippen molar-refractivity contribution in [2.45, 2.75) is 38.9 Å². The van der Waals surface area contributed by atoms with Crippen LogP contribution in [0.15, 0.2) is 18.3 Å². The van der Waals surface area contributed by atoms with Crippen LogP contribution in [0.1, 0.15) is 38.2 Å². The lowest BCUT2D eigenvalue weighted by molar-refractivity contribution is -0.178. The number of aromatic nitrogens is 1. The third kappa shape index (κ3) is 3.45. The van der Waals surface area contributed by atoms with E-state index in [1.54, 1.807) is 0 Å². The van der Waals surface area contributed by atoms with Crippen molar-refractivity contribution in [3.05, 3.63) is 24.0 Å². The number of hydrogen-bond acceptors (Lipinski definition) is 3. The van der Waals surface area contributed by atoms with Gasteiger partial charge in [-0.25, -0.2) is 0 Å². The van der Waals surface area contributed by atoms with Gasteiger partial charge < -0.3 is 9.30 Å². The molecule has 4 nitrogen and oxygen atoms in total. The first-order chi connectivity index (χ1) is 8.69. The Kier molecular flexibility index (Phi) is 3.58. The molecule has 1 saturated heterocycles. The molecule has 0 unspecified atom stereocenters. The van der Waals surface area contributed by atoms with Gasteiger partial charge in [-0.2, -0.15) is 0 Å². The Morgan fingerprint density at radius 1 is 1.26 bits per heavy atom. The van der Waals surface area contributed by atoms with Crippen molar-refractivity contribution in [3.63, 3.8) is 0 Å². The fraction of sp³-hybridized carbons (Fsp3) is 0.667. The number of nitrogens with zero attached hydrogens (tertiary/aromatic N) is 2. The molecule has 2 heterocycles. The highest BCUT2D eigenvalue weighted by Crippen LogP contribution is 2.28. The topological polar surface area (TPSA) is 34.5 Å². The predicted molar refractivity (Wildman–Crippen MR) is 75.4 cm³/mol. The first-order valence-corrected chi connectivity index (χ1v) is 6.76. The molecule has 106 valence electrons. The zero-order valence-corrected chi connectivity index (χ0v) is 12.6. The normalized spacial score (nSPS) is 22.4. The minimum Gasteiger partial charge on any atom is -0.367 e. The Labute approximate surface area is 115 Å². The Morgan fingerprint density at radius 3 is 2.32 bits per heavy atom. The van der Waals surface area contributed by atoms with E-state index in [2.05, 4.69) is 32.6 Å². The predicted octanol–water partition coefficient (Wildman–Crippen LogP) is 2.10. The molecule has 1 aliphatic heterocycles. The van der Waals surface area contributed by atoms with Gasteiger partial charge in [-0.15, -0.1) is 0 Å². The van der Waals surface area contributed by atoms with Gasteiger partial charge in [0.15, 0.2) is 5.78 Å². The van der Waals surface area contributed by atoms with E-state index in [9.17, 15) is 4.79 Å². The third-order valence-electron chi connectivity index (χ3n) is 3.36. The maximum atomic E-state index is 12.3. The van der Waals surface area contributed by atoms with Crippen LogP contribution in [0.25, 0.3) is 0 Å². The van der Waals surface area contributed by atoms with Crippen LogP contribution in [0.2, 0.25) is 0 Å². The summed E-state index contributed by atoms with van der Waals surface area (Å²) in [6.07, 6.45) is 1.90. The van der Waals surface area contributed by atoms with Crippen molar-refractivity contribution in [2.75, 3.05) is 19.6 Å². The van der Waals surface area contributed by atoms with Crippen molar-refractivity contribution in [3.8, 4) is 0 Å². The second-order valence-corrected chi connectivity index (χ2v) is 6.69. The monoisotopic (exact) mass is 264 g/mol. The smallest absolute Gasteiger partial charge is 0.193 e. The molecule has 0 bridgehead atoms. The van der Waals surface area contributed by atoms with Crippen LogP contribution >= 0.6 is 0 Å². The molecule has 2 rings (SSSR count). The van der Waals surface area contributed by atoms with E-state index in [1.807, 2.05) is 29.9 Å². The number of morpholine rings is 1. The number of hydrogen-bond donors (Lipinski definition) is 0. The molecule has 0 amide bonds. The number of aryl methyl sites for hydroxylation is 1. The number of ketones is 1. The van der Waals surface area contributed by atoms with E-state index >= 15 is 0 Å². The molecule has 1 aromatic rings. The van der Waals surface area contributed by atoms with Crippen molar-refractivity contribution in [1.82, 2.24) is 9.47 Å². The molecule has 1 fully saturated rings. The highest BCUT2D eigenvalue weighted by atomic mass is 16.5. The molecule has 0 radical (unpaired) electrons. The van der Waals surface area contributed by atoms with Crippen LogP contribution in [0, 0.1) is 0 Å². The van der Waals surface area contributed by atoms with E-state index < -0.39 is 0 Å². The molecule has 0 aliphatic carbocycles. The highest BCUT2D eigenvalue weighted by Gasteiger charge is 2.38. The van der Waals surface area contributed by atoms with Crippen molar-refractivity contribution in [2.24, 2.45) is 7.05 Å². The lowest BCUT2D eigenvalue weighted by Gasteiger charge is -2.47. The van der Waals surface area contributed by atoms with Crippen LogP contribution in [0.4, 0.5) is 0 Å². The maximum absolute atomic E-state index is 12.3. The fourth-order valence-electron chi connectivity index (χ4n) is 3.09. The largest absolute Gasteiger partial charge is 0.367 e. The molecule has 4 heteroatoms. The van der Waals surface area contributed by atoms with Crippen molar-refractivity contribution < 1.29 is 9.53 Å². The van der Waals surface area contributed by atoms with E-state index in [1.165, 1.54) is 0 Å². The molecular formula is C15H24N2O2. The molecule has 1 aromatic heterocycles. The molecule has 1 aliphatic rings. The van der Waals surface area contributed by atoms with E-state index in [4.69, 9.17) is 4.74 Å². The van der Waals surface area contributed by atoms with Gasteiger partial charge >= 0.3 is 0 Å². The first kappa shape index (κ1) is 14.3. The van der Waals surface area contributed by atoms with E-state index in [-0.39, 0.29) is 17.0 Å². The van der Waals surface area contributed by atoms with Crippen molar-refractivity contribution in [1.29, 1.82) is 0 Å². The SMILES string of the molecule is Cn1cccc1C(=O)CN1CC(C)(C)OC(C)(C)C1. The summed E-state index contributed by atoms with van der Waals surface area (Å²) in [7, 11) is 1.90. The number of ether oxygens (including phenoxy) is 1.